The minimum atomic E-state index is -1.83. The van der Waals surface area contributed by atoms with Crippen LogP contribution in [0.5, 0.6) is 0 Å². The number of amides is 1. The highest BCUT2D eigenvalue weighted by Crippen LogP contribution is 2.36. The van der Waals surface area contributed by atoms with Crippen molar-refractivity contribution in [2.45, 2.75) is 193 Å². The van der Waals surface area contributed by atoms with E-state index in [4.69, 9.17) is 14.2 Å². The quantitative estimate of drug-likeness (QED) is 0.113. The molecule has 312 valence electrons. The second kappa shape index (κ2) is 21.8. The molecule has 0 bridgehead atoms. The molecule has 2 aliphatic rings. The number of carbonyl (C=O) groups is 2. The molecule has 2 fully saturated rings. The van der Waals surface area contributed by atoms with Crippen LogP contribution < -0.4 is 5.32 Å². The number of esters is 1. The van der Waals surface area contributed by atoms with Crippen molar-refractivity contribution in [1.82, 2.24) is 15.1 Å². The average Bonchev–Trinajstić information content (AvgIpc) is 3.09. The van der Waals surface area contributed by atoms with Crippen molar-refractivity contribution in [2.24, 2.45) is 17.8 Å². The van der Waals surface area contributed by atoms with Crippen LogP contribution in [0.15, 0.2) is 0 Å². The molecule has 0 aliphatic carbocycles. The fourth-order valence-corrected chi connectivity index (χ4v) is 8.39. The summed E-state index contributed by atoms with van der Waals surface area (Å²) in [5.74, 6) is -2.84. The summed E-state index contributed by atoms with van der Waals surface area (Å²) in [5, 5.41) is 61.7. The van der Waals surface area contributed by atoms with Crippen LogP contribution in [0.4, 0.5) is 0 Å². The van der Waals surface area contributed by atoms with E-state index in [1.165, 1.54) is 20.3 Å². The number of nitrogens with zero attached hydrogens (tertiary/aromatic N) is 2. The molecule has 13 heteroatoms. The van der Waals surface area contributed by atoms with E-state index < -0.39 is 71.9 Å². The van der Waals surface area contributed by atoms with Crippen LogP contribution in [-0.2, 0) is 23.8 Å². The second-order valence-electron chi connectivity index (χ2n) is 17.0. The van der Waals surface area contributed by atoms with Gasteiger partial charge < -0.3 is 50.0 Å². The minimum Gasteiger partial charge on any atom is -0.459 e. The van der Waals surface area contributed by atoms with E-state index in [9.17, 15) is 35.1 Å². The standard InChI is InChI=1S/C40H77N3O10/c1-12-14-15-16-17-19-32(44)41-20-18-21-43-24-25(3)23-39(8,49)36(53-38-34(46)30(42(10)11)22-26(4)51-38)27(5)33(45)28(6)37(48)52-31(13-2)40(9,50)35(47)29(43)7/h25-31,33-36,38,45-47,49-50H,12-24H2,1-11H3,(H,41,44)/t25-,26-,27+,28-,29-,30+,31-,33+,34-,35-,36-,38+,39-,40-/m1/s1. The number of nitrogens with one attached hydrogen (secondary N) is 1. The highest BCUT2D eigenvalue weighted by Gasteiger charge is 2.50. The first kappa shape index (κ1) is 47.7. The first-order valence-corrected chi connectivity index (χ1v) is 20.4. The number of cyclic esters (lactones) is 1. The number of rotatable bonds is 14. The van der Waals surface area contributed by atoms with E-state index in [2.05, 4.69) is 12.2 Å². The molecule has 2 rings (SSSR count). The molecule has 0 aromatic rings. The highest BCUT2D eigenvalue weighted by molar-refractivity contribution is 5.75. The molecule has 0 spiro atoms. The third-order valence-corrected chi connectivity index (χ3v) is 11.7. The molecule has 53 heavy (non-hydrogen) atoms. The van der Waals surface area contributed by atoms with Gasteiger partial charge in [0.25, 0.3) is 0 Å². The maximum Gasteiger partial charge on any atom is 0.311 e. The summed E-state index contributed by atoms with van der Waals surface area (Å²) in [6, 6.07) is -0.867. The van der Waals surface area contributed by atoms with Crippen molar-refractivity contribution in [1.29, 1.82) is 0 Å². The molecule has 2 aliphatic heterocycles. The zero-order valence-electron chi connectivity index (χ0n) is 34.8. The predicted octanol–water partition coefficient (Wildman–Crippen LogP) is 3.21. The second-order valence-corrected chi connectivity index (χ2v) is 17.0. The van der Waals surface area contributed by atoms with E-state index in [1.54, 1.807) is 20.8 Å². The molecule has 14 atom stereocenters. The van der Waals surface area contributed by atoms with Gasteiger partial charge in [-0.2, -0.15) is 0 Å². The summed E-state index contributed by atoms with van der Waals surface area (Å²) < 4.78 is 18.4. The third-order valence-electron chi connectivity index (χ3n) is 11.7. The third kappa shape index (κ3) is 13.6. The minimum absolute atomic E-state index is 0.0153. The Morgan fingerprint density at radius 2 is 1.62 bits per heavy atom. The van der Waals surface area contributed by atoms with Gasteiger partial charge in [0.1, 0.15) is 23.9 Å². The van der Waals surface area contributed by atoms with Gasteiger partial charge in [-0.1, -0.05) is 53.4 Å². The van der Waals surface area contributed by atoms with Crippen LogP contribution in [0.25, 0.3) is 0 Å². The highest BCUT2D eigenvalue weighted by atomic mass is 16.7. The summed E-state index contributed by atoms with van der Waals surface area (Å²) in [5.41, 5.74) is -3.41. The van der Waals surface area contributed by atoms with E-state index in [0.29, 0.717) is 38.9 Å². The topological polar surface area (TPSA) is 181 Å². The molecule has 0 unspecified atom stereocenters. The van der Waals surface area contributed by atoms with Gasteiger partial charge in [-0.25, -0.2) is 0 Å². The normalized spacial score (nSPS) is 40.0. The number of hydrogen-bond acceptors (Lipinski definition) is 12. The molecule has 2 heterocycles. The molecular weight excluding hydrogens is 682 g/mol. The molecule has 0 aromatic carbocycles. The van der Waals surface area contributed by atoms with Crippen LogP contribution in [-0.4, -0.2) is 147 Å². The monoisotopic (exact) mass is 760 g/mol. The van der Waals surface area contributed by atoms with Crippen molar-refractivity contribution in [3.05, 3.63) is 0 Å². The zero-order valence-corrected chi connectivity index (χ0v) is 34.8. The summed E-state index contributed by atoms with van der Waals surface area (Å²) in [7, 11) is 3.75. The Morgan fingerprint density at radius 1 is 0.981 bits per heavy atom. The largest absolute Gasteiger partial charge is 0.459 e. The van der Waals surface area contributed by atoms with Crippen LogP contribution in [0.1, 0.15) is 127 Å². The Morgan fingerprint density at radius 3 is 2.23 bits per heavy atom. The van der Waals surface area contributed by atoms with Gasteiger partial charge in [0, 0.05) is 44.1 Å². The lowest BCUT2D eigenvalue weighted by molar-refractivity contribution is -0.299. The summed E-state index contributed by atoms with van der Waals surface area (Å²) >= 11 is 0. The van der Waals surface area contributed by atoms with Crippen molar-refractivity contribution in [3.8, 4) is 0 Å². The van der Waals surface area contributed by atoms with Gasteiger partial charge in [0.05, 0.1) is 29.8 Å². The Labute approximate surface area is 320 Å². The molecule has 6 N–H and O–H groups in total. The van der Waals surface area contributed by atoms with Crippen LogP contribution in [0.2, 0.25) is 0 Å². The van der Waals surface area contributed by atoms with Crippen molar-refractivity contribution < 1.29 is 49.3 Å². The molecule has 0 radical (unpaired) electrons. The lowest BCUT2D eigenvalue weighted by Crippen LogP contribution is -2.59. The molecule has 1 amide bonds. The Kier molecular flexibility index (Phi) is 19.6. The van der Waals surface area contributed by atoms with Gasteiger partial charge in [-0.05, 0) is 86.7 Å². The SMILES string of the molecule is CCCCCCCC(=O)NCCCN1C[C@H](C)C[C@@](C)(O)[C@H](O[C@@H]2O[C@H](C)C[C@H](N(C)C)[C@H]2O)[C@@H](C)[C@H](O)[C@@H](C)C(=O)O[C@H](CC)[C@@](C)(O)[C@H](O)[C@H]1C. The van der Waals surface area contributed by atoms with Gasteiger partial charge in [-0.15, -0.1) is 0 Å². The maximum absolute atomic E-state index is 13.6. The number of unbranched alkanes of at least 4 members (excludes halogenated alkanes) is 4. The fraction of sp³-hybridized carbons (Fsp3) is 0.950. The smallest absolute Gasteiger partial charge is 0.311 e. The summed E-state index contributed by atoms with van der Waals surface area (Å²) in [6.07, 6.45) is 0.206. The number of hydrogen-bond donors (Lipinski definition) is 6. The molecule has 0 aromatic heterocycles. The molecule has 0 saturated carbocycles. The van der Waals surface area contributed by atoms with Crippen molar-refractivity contribution in [2.75, 3.05) is 33.7 Å². The summed E-state index contributed by atoms with van der Waals surface area (Å²) in [4.78, 5) is 30.0. The van der Waals surface area contributed by atoms with E-state index in [1.807, 2.05) is 44.7 Å². The van der Waals surface area contributed by atoms with Crippen LogP contribution in [0.3, 0.4) is 0 Å². The Balaban J connectivity index is 2.43. The Bertz CT molecular complexity index is 1090. The van der Waals surface area contributed by atoms with Gasteiger partial charge in [0.15, 0.2) is 6.29 Å². The zero-order chi connectivity index (χ0) is 40.3. The maximum atomic E-state index is 13.6. The predicted molar refractivity (Wildman–Crippen MR) is 205 cm³/mol. The average molecular weight is 760 g/mol. The summed E-state index contributed by atoms with van der Waals surface area (Å²) in [6.45, 7) is 17.3. The number of likely N-dealkylation sites (N-methyl/N-ethyl adjacent to an activating group) is 1. The number of aliphatic hydroxyl groups is 5. The first-order valence-electron chi connectivity index (χ1n) is 20.4. The first-order chi connectivity index (χ1) is 24.7. The van der Waals surface area contributed by atoms with Crippen molar-refractivity contribution >= 4 is 11.9 Å². The number of carbonyl (C=O) groups excluding carboxylic acids is 2. The number of ether oxygens (including phenoxy) is 3. The van der Waals surface area contributed by atoms with Crippen LogP contribution in [0, 0.1) is 17.8 Å². The molecule has 13 nitrogen and oxygen atoms in total. The molecule has 2 saturated heterocycles. The van der Waals surface area contributed by atoms with Gasteiger partial charge >= 0.3 is 5.97 Å². The Hall–Kier alpha value is -1.42. The van der Waals surface area contributed by atoms with Crippen LogP contribution >= 0.6 is 0 Å². The van der Waals surface area contributed by atoms with Gasteiger partial charge in [0.2, 0.25) is 5.91 Å². The van der Waals surface area contributed by atoms with E-state index >= 15 is 0 Å². The lowest BCUT2D eigenvalue weighted by atomic mass is 9.78. The van der Waals surface area contributed by atoms with Gasteiger partial charge in [-0.3, -0.25) is 14.5 Å². The molecular formula is C40H77N3O10. The van der Waals surface area contributed by atoms with E-state index in [-0.39, 0.29) is 36.8 Å². The number of aliphatic hydroxyl groups excluding tert-OH is 3. The fourth-order valence-electron chi connectivity index (χ4n) is 8.39. The lowest BCUT2D eigenvalue weighted by Gasteiger charge is -2.46. The van der Waals surface area contributed by atoms with E-state index in [0.717, 1.165) is 25.7 Å². The van der Waals surface area contributed by atoms with Crippen molar-refractivity contribution in [3.63, 3.8) is 0 Å².